The minimum atomic E-state index is -0.470. The van der Waals surface area contributed by atoms with Crippen LogP contribution >= 0.6 is 0 Å². The number of carbonyl (C=O) groups excluding carboxylic acids is 2. The normalized spacial score (nSPS) is 11.3. The zero-order chi connectivity index (χ0) is 20.3. The Morgan fingerprint density at radius 1 is 0.893 bits per heavy atom. The van der Waals surface area contributed by atoms with E-state index >= 15 is 0 Å². The van der Waals surface area contributed by atoms with Crippen LogP contribution in [0.1, 0.15) is 38.1 Å². The van der Waals surface area contributed by atoms with Crippen molar-refractivity contribution in [2.45, 2.75) is 27.7 Å². The zero-order valence-electron chi connectivity index (χ0n) is 16.8. The Balaban J connectivity index is 1.86. The Bertz CT molecular complexity index is 996. The second-order valence-corrected chi connectivity index (χ2v) is 7.83. The quantitative estimate of drug-likeness (QED) is 0.656. The van der Waals surface area contributed by atoms with Gasteiger partial charge in [-0.1, -0.05) is 57.2 Å². The van der Waals surface area contributed by atoms with E-state index < -0.39 is 5.41 Å². The van der Waals surface area contributed by atoms with E-state index in [-0.39, 0.29) is 11.8 Å². The summed E-state index contributed by atoms with van der Waals surface area (Å²) >= 11 is 0. The van der Waals surface area contributed by atoms with Gasteiger partial charge in [0.1, 0.15) is 0 Å². The molecule has 0 atom stereocenters. The average Bonchev–Trinajstić information content (AvgIpc) is 2.68. The van der Waals surface area contributed by atoms with Gasteiger partial charge >= 0.3 is 0 Å². The van der Waals surface area contributed by atoms with Crippen molar-refractivity contribution < 1.29 is 9.59 Å². The molecule has 0 saturated carbocycles. The summed E-state index contributed by atoms with van der Waals surface area (Å²) in [5.74, 6) is -0.120. The largest absolute Gasteiger partial charge is 0.326 e. The van der Waals surface area contributed by atoms with E-state index in [1.165, 1.54) is 0 Å². The number of anilines is 2. The van der Waals surface area contributed by atoms with Crippen molar-refractivity contribution in [2.75, 3.05) is 16.8 Å². The van der Waals surface area contributed by atoms with Crippen LogP contribution in [0, 0.1) is 5.41 Å². The van der Waals surface area contributed by atoms with E-state index in [1.807, 2.05) is 70.2 Å². The predicted octanol–water partition coefficient (Wildman–Crippen LogP) is 5.49. The van der Waals surface area contributed by atoms with Gasteiger partial charge in [0.15, 0.2) is 0 Å². The average molecular weight is 374 g/mol. The molecule has 3 rings (SSSR count). The highest BCUT2D eigenvalue weighted by Crippen LogP contribution is 2.28. The van der Waals surface area contributed by atoms with Crippen LogP contribution in [0.25, 0.3) is 10.8 Å². The van der Waals surface area contributed by atoms with Gasteiger partial charge in [0.05, 0.1) is 5.69 Å². The van der Waals surface area contributed by atoms with Gasteiger partial charge in [-0.25, -0.2) is 0 Å². The van der Waals surface area contributed by atoms with Crippen LogP contribution in [0.2, 0.25) is 0 Å². The number of fused-ring (bicyclic) bond motifs is 1. The van der Waals surface area contributed by atoms with Crippen molar-refractivity contribution in [1.82, 2.24) is 0 Å². The molecule has 0 heterocycles. The molecule has 0 saturated heterocycles. The topological polar surface area (TPSA) is 49.4 Å². The molecule has 0 aliphatic carbocycles. The maximum absolute atomic E-state index is 13.2. The van der Waals surface area contributed by atoms with E-state index in [2.05, 4.69) is 5.32 Å². The zero-order valence-corrected chi connectivity index (χ0v) is 16.8. The lowest BCUT2D eigenvalue weighted by Crippen LogP contribution is -2.31. The standard InChI is InChI=1S/C24H26N2O2/c1-5-26(21-12-8-10-17-9-6-7-11-20(17)21)22(27)18-13-15-19(16-14-18)25-23(28)24(2,3)4/h6-16H,5H2,1-4H3,(H,25,28). The SMILES string of the molecule is CCN(C(=O)c1ccc(NC(=O)C(C)(C)C)cc1)c1cccc2ccccc12. The summed E-state index contributed by atoms with van der Waals surface area (Å²) in [5, 5.41) is 5.04. The first-order valence-corrected chi connectivity index (χ1v) is 9.52. The van der Waals surface area contributed by atoms with Gasteiger partial charge < -0.3 is 10.2 Å². The first-order valence-electron chi connectivity index (χ1n) is 9.52. The third-order valence-corrected chi connectivity index (χ3v) is 4.69. The van der Waals surface area contributed by atoms with Crippen LogP contribution in [0.5, 0.6) is 0 Å². The van der Waals surface area contributed by atoms with Crippen molar-refractivity contribution in [3.8, 4) is 0 Å². The van der Waals surface area contributed by atoms with Crippen LogP contribution in [0.4, 0.5) is 11.4 Å². The minimum absolute atomic E-state index is 0.0579. The summed E-state index contributed by atoms with van der Waals surface area (Å²) in [7, 11) is 0. The second-order valence-electron chi connectivity index (χ2n) is 7.83. The monoisotopic (exact) mass is 374 g/mol. The Hall–Kier alpha value is -3.14. The van der Waals surface area contributed by atoms with Crippen molar-refractivity contribution in [3.05, 3.63) is 72.3 Å². The lowest BCUT2D eigenvalue weighted by Gasteiger charge is -2.23. The Morgan fingerprint density at radius 2 is 1.54 bits per heavy atom. The summed E-state index contributed by atoms with van der Waals surface area (Å²) in [6, 6.07) is 21.1. The lowest BCUT2D eigenvalue weighted by molar-refractivity contribution is -0.123. The molecule has 1 N–H and O–H groups in total. The fourth-order valence-electron chi connectivity index (χ4n) is 3.04. The lowest BCUT2D eigenvalue weighted by atomic mass is 9.95. The highest BCUT2D eigenvalue weighted by Gasteiger charge is 2.22. The van der Waals surface area contributed by atoms with Crippen LogP contribution < -0.4 is 10.2 Å². The van der Waals surface area contributed by atoms with Crippen LogP contribution in [-0.4, -0.2) is 18.4 Å². The summed E-state index contributed by atoms with van der Waals surface area (Å²) in [5.41, 5.74) is 1.70. The van der Waals surface area contributed by atoms with Gasteiger partial charge in [0.25, 0.3) is 5.91 Å². The first kappa shape index (κ1) is 19.6. The minimum Gasteiger partial charge on any atom is -0.326 e. The van der Waals surface area contributed by atoms with Gasteiger partial charge in [-0.15, -0.1) is 0 Å². The molecule has 4 heteroatoms. The number of amides is 2. The van der Waals surface area contributed by atoms with E-state index in [0.29, 0.717) is 17.8 Å². The third-order valence-electron chi connectivity index (χ3n) is 4.69. The highest BCUT2D eigenvalue weighted by atomic mass is 16.2. The number of carbonyl (C=O) groups is 2. The fourth-order valence-corrected chi connectivity index (χ4v) is 3.04. The molecule has 2 amide bonds. The van der Waals surface area contributed by atoms with Crippen molar-refractivity contribution in [2.24, 2.45) is 5.41 Å². The van der Waals surface area contributed by atoms with E-state index in [1.54, 1.807) is 29.2 Å². The molecule has 0 bridgehead atoms. The second kappa shape index (κ2) is 7.85. The summed E-state index contributed by atoms with van der Waals surface area (Å²) in [4.78, 5) is 27.1. The molecule has 3 aromatic rings. The molecule has 3 aromatic carbocycles. The van der Waals surface area contributed by atoms with Gasteiger partial charge in [-0.05, 0) is 42.6 Å². The Labute approximate surface area is 166 Å². The number of rotatable bonds is 4. The van der Waals surface area contributed by atoms with Crippen molar-refractivity contribution in [1.29, 1.82) is 0 Å². The summed E-state index contributed by atoms with van der Waals surface area (Å²) < 4.78 is 0. The maximum atomic E-state index is 13.2. The van der Waals surface area contributed by atoms with Gasteiger partial charge in [0.2, 0.25) is 5.91 Å². The summed E-state index contributed by atoms with van der Waals surface area (Å²) in [6.07, 6.45) is 0. The Kier molecular flexibility index (Phi) is 5.50. The predicted molar refractivity (Wildman–Crippen MR) is 116 cm³/mol. The number of benzene rings is 3. The molecule has 0 unspecified atom stereocenters. The molecule has 0 radical (unpaired) electrons. The van der Waals surface area contributed by atoms with E-state index in [4.69, 9.17) is 0 Å². The van der Waals surface area contributed by atoms with Gasteiger partial charge in [-0.2, -0.15) is 0 Å². The van der Waals surface area contributed by atoms with Crippen LogP contribution in [0.3, 0.4) is 0 Å². The number of nitrogens with one attached hydrogen (secondary N) is 1. The van der Waals surface area contributed by atoms with Crippen LogP contribution in [-0.2, 0) is 4.79 Å². The van der Waals surface area contributed by atoms with Crippen LogP contribution in [0.15, 0.2) is 66.7 Å². The summed E-state index contributed by atoms with van der Waals surface area (Å²) in [6.45, 7) is 8.13. The first-order chi connectivity index (χ1) is 13.3. The third kappa shape index (κ3) is 4.06. The fraction of sp³-hybridized carbons (Fsp3) is 0.250. The molecular formula is C24H26N2O2. The molecule has 0 aliphatic heterocycles. The molecule has 28 heavy (non-hydrogen) atoms. The number of nitrogens with zero attached hydrogens (tertiary/aromatic N) is 1. The van der Waals surface area contributed by atoms with Crippen molar-refractivity contribution >= 4 is 34.0 Å². The molecular weight excluding hydrogens is 348 g/mol. The number of hydrogen-bond donors (Lipinski definition) is 1. The molecule has 0 spiro atoms. The van der Waals surface area contributed by atoms with Gasteiger partial charge in [0, 0.05) is 28.6 Å². The molecule has 0 aliphatic rings. The van der Waals surface area contributed by atoms with Gasteiger partial charge in [-0.3, -0.25) is 9.59 Å². The number of hydrogen-bond acceptors (Lipinski definition) is 2. The molecule has 0 aromatic heterocycles. The van der Waals surface area contributed by atoms with E-state index in [9.17, 15) is 9.59 Å². The van der Waals surface area contributed by atoms with E-state index in [0.717, 1.165) is 16.5 Å². The molecule has 144 valence electrons. The Morgan fingerprint density at radius 3 is 2.18 bits per heavy atom. The van der Waals surface area contributed by atoms with Crippen molar-refractivity contribution in [3.63, 3.8) is 0 Å². The molecule has 4 nitrogen and oxygen atoms in total. The maximum Gasteiger partial charge on any atom is 0.258 e. The molecule has 0 fully saturated rings. The smallest absolute Gasteiger partial charge is 0.258 e. The highest BCUT2D eigenvalue weighted by molar-refractivity contribution is 6.11.